The van der Waals surface area contributed by atoms with Crippen LogP contribution in [0.4, 0.5) is 4.39 Å². The number of hydrogen-bond donors (Lipinski definition) is 0. The maximum absolute atomic E-state index is 12.9. The third-order valence-electron chi connectivity index (χ3n) is 2.34. The molecule has 0 saturated carbocycles. The highest BCUT2D eigenvalue weighted by molar-refractivity contribution is 7.07. The molecule has 1 aromatic heterocycles. The Morgan fingerprint density at radius 1 is 1.56 bits per heavy atom. The minimum atomic E-state index is -0.399. The molecule has 18 heavy (non-hydrogen) atoms. The molecule has 0 saturated heterocycles. The Balaban J connectivity index is 2.11. The number of halogens is 2. The number of nitrogens with zero attached hydrogens (tertiary/aromatic N) is 3. The molecule has 0 unspecified atom stereocenters. The lowest BCUT2D eigenvalue weighted by Gasteiger charge is -2.16. The van der Waals surface area contributed by atoms with Gasteiger partial charge in [-0.3, -0.25) is 4.79 Å². The van der Waals surface area contributed by atoms with E-state index in [0.29, 0.717) is 22.0 Å². The normalized spacial score (nSPS) is 10.4. The fraction of sp³-hybridized carbons (Fsp3) is 0.182. The van der Waals surface area contributed by atoms with Gasteiger partial charge >= 0.3 is 0 Å². The fourth-order valence-corrected chi connectivity index (χ4v) is 2.16. The van der Waals surface area contributed by atoms with Gasteiger partial charge < -0.3 is 4.90 Å². The lowest BCUT2D eigenvalue weighted by atomic mass is 10.2. The first-order valence-electron chi connectivity index (χ1n) is 5.04. The smallest absolute Gasteiger partial charge is 0.267 e. The molecule has 0 radical (unpaired) electrons. The zero-order valence-electron chi connectivity index (χ0n) is 9.43. The largest absolute Gasteiger partial charge is 0.337 e. The van der Waals surface area contributed by atoms with Crippen LogP contribution in [-0.2, 0) is 6.54 Å². The van der Waals surface area contributed by atoms with Crippen molar-refractivity contribution in [2.45, 2.75) is 6.54 Å². The SMILES string of the molecule is CN(Cc1ccc(F)cc1Cl)C(=O)c1cnns1. The van der Waals surface area contributed by atoms with Crippen molar-refractivity contribution in [2.75, 3.05) is 7.05 Å². The quantitative estimate of drug-likeness (QED) is 0.871. The summed E-state index contributed by atoms with van der Waals surface area (Å²) in [6.45, 7) is 0.301. The standard InChI is InChI=1S/C11H9ClFN3OS/c1-16(11(17)10-5-14-15-18-10)6-7-2-3-8(13)4-9(7)12/h2-5H,6H2,1H3. The van der Waals surface area contributed by atoms with Crippen LogP contribution in [0.25, 0.3) is 0 Å². The molecule has 1 aromatic carbocycles. The summed E-state index contributed by atoms with van der Waals surface area (Å²) in [6, 6.07) is 4.10. The van der Waals surface area contributed by atoms with E-state index in [0.717, 1.165) is 11.5 Å². The van der Waals surface area contributed by atoms with E-state index in [1.54, 1.807) is 13.1 Å². The number of carbonyl (C=O) groups is 1. The molecule has 0 atom stereocenters. The molecule has 7 heteroatoms. The highest BCUT2D eigenvalue weighted by atomic mass is 35.5. The third-order valence-corrected chi connectivity index (χ3v) is 3.35. The first-order chi connectivity index (χ1) is 8.58. The molecule has 0 bridgehead atoms. The summed E-state index contributed by atoms with van der Waals surface area (Å²) < 4.78 is 16.5. The van der Waals surface area contributed by atoms with Crippen LogP contribution in [0.3, 0.4) is 0 Å². The molecule has 0 aliphatic carbocycles. The van der Waals surface area contributed by atoms with Crippen LogP contribution in [0.1, 0.15) is 15.2 Å². The molecule has 0 N–H and O–H groups in total. The van der Waals surface area contributed by atoms with Gasteiger partial charge in [0.15, 0.2) is 0 Å². The predicted octanol–water partition coefficient (Wildman–Crippen LogP) is 2.60. The van der Waals surface area contributed by atoms with Crippen LogP contribution < -0.4 is 0 Å². The molecule has 0 fully saturated rings. The molecule has 2 aromatic rings. The Morgan fingerprint density at radius 2 is 2.33 bits per heavy atom. The summed E-state index contributed by atoms with van der Waals surface area (Å²) in [7, 11) is 1.64. The van der Waals surface area contributed by atoms with Crippen molar-refractivity contribution in [3.8, 4) is 0 Å². The van der Waals surface area contributed by atoms with E-state index in [9.17, 15) is 9.18 Å². The monoisotopic (exact) mass is 285 g/mol. The summed E-state index contributed by atoms with van der Waals surface area (Å²) in [5.74, 6) is -0.588. The Kier molecular flexibility index (Phi) is 3.88. The molecule has 4 nitrogen and oxygen atoms in total. The molecule has 0 spiro atoms. The van der Waals surface area contributed by atoms with Crippen LogP contribution >= 0.6 is 23.1 Å². The van der Waals surface area contributed by atoms with E-state index in [4.69, 9.17) is 11.6 Å². The van der Waals surface area contributed by atoms with E-state index < -0.39 is 5.82 Å². The Labute approximate surface area is 112 Å². The van der Waals surface area contributed by atoms with Crippen molar-refractivity contribution in [3.63, 3.8) is 0 Å². The van der Waals surface area contributed by atoms with Crippen molar-refractivity contribution in [1.29, 1.82) is 0 Å². The topological polar surface area (TPSA) is 46.1 Å². The molecule has 94 valence electrons. The van der Waals surface area contributed by atoms with Crippen LogP contribution in [-0.4, -0.2) is 27.4 Å². The van der Waals surface area contributed by atoms with Gasteiger partial charge in [-0.1, -0.05) is 22.2 Å². The maximum atomic E-state index is 12.9. The zero-order valence-corrected chi connectivity index (χ0v) is 11.0. The average Bonchev–Trinajstić information content (AvgIpc) is 2.85. The van der Waals surface area contributed by atoms with Gasteiger partial charge in [-0.25, -0.2) is 4.39 Å². The summed E-state index contributed by atoms with van der Waals surface area (Å²) in [6.07, 6.45) is 1.41. The molecule has 0 aliphatic heterocycles. The van der Waals surface area contributed by atoms with Gasteiger partial charge in [0.1, 0.15) is 10.7 Å². The number of benzene rings is 1. The van der Waals surface area contributed by atoms with Crippen molar-refractivity contribution in [3.05, 3.63) is 45.7 Å². The first kappa shape index (κ1) is 12.9. The molecular weight excluding hydrogens is 277 g/mol. The van der Waals surface area contributed by atoms with E-state index in [1.165, 1.54) is 23.2 Å². The second-order valence-corrected chi connectivity index (χ2v) is 4.87. The third kappa shape index (κ3) is 2.83. The summed E-state index contributed by atoms with van der Waals surface area (Å²) in [4.78, 5) is 13.9. The van der Waals surface area contributed by atoms with Gasteiger partial charge in [-0.05, 0) is 29.2 Å². The van der Waals surface area contributed by atoms with Gasteiger partial charge in [0, 0.05) is 18.6 Å². The Bertz CT molecular complexity index is 561. The first-order valence-corrected chi connectivity index (χ1v) is 6.20. The molecule has 2 rings (SSSR count). The molecular formula is C11H9ClFN3OS. The van der Waals surface area contributed by atoms with Crippen molar-refractivity contribution < 1.29 is 9.18 Å². The summed E-state index contributed by atoms with van der Waals surface area (Å²) in [5.41, 5.74) is 0.686. The predicted molar refractivity (Wildman–Crippen MR) is 67.1 cm³/mol. The van der Waals surface area contributed by atoms with Crippen LogP contribution in [0.15, 0.2) is 24.4 Å². The fourth-order valence-electron chi connectivity index (χ4n) is 1.43. The van der Waals surface area contributed by atoms with Gasteiger partial charge in [0.2, 0.25) is 0 Å². The zero-order chi connectivity index (χ0) is 13.1. The number of amides is 1. The highest BCUT2D eigenvalue weighted by Gasteiger charge is 2.15. The van der Waals surface area contributed by atoms with Crippen LogP contribution in [0.5, 0.6) is 0 Å². The Hall–Kier alpha value is -1.53. The van der Waals surface area contributed by atoms with E-state index in [2.05, 4.69) is 9.59 Å². The summed E-state index contributed by atoms with van der Waals surface area (Å²) >= 11 is 6.93. The number of carbonyl (C=O) groups excluding carboxylic acids is 1. The van der Waals surface area contributed by atoms with E-state index >= 15 is 0 Å². The van der Waals surface area contributed by atoms with Gasteiger partial charge in [0.25, 0.3) is 5.91 Å². The van der Waals surface area contributed by atoms with Gasteiger partial charge in [0.05, 0.1) is 6.20 Å². The molecule has 1 heterocycles. The van der Waals surface area contributed by atoms with Crippen molar-refractivity contribution in [2.24, 2.45) is 0 Å². The number of aromatic nitrogens is 2. The average molecular weight is 286 g/mol. The summed E-state index contributed by atoms with van der Waals surface area (Å²) in [5, 5.41) is 3.91. The maximum Gasteiger partial charge on any atom is 0.267 e. The number of rotatable bonds is 3. The number of hydrogen-bond acceptors (Lipinski definition) is 4. The second kappa shape index (κ2) is 5.41. The van der Waals surface area contributed by atoms with Crippen LogP contribution in [0.2, 0.25) is 5.02 Å². The van der Waals surface area contributed by atoms with Crippen molar-refractivity contribution >= 4 is 29.0 Å². The van der Waals surface area contributed by atoms with E-state index in [1.807, 2.05) is 0 Å². The lowest BCUT2D eigenvalue weighted by molar-refractivity contribution is 0.0789. The van der Waals surface area contributed by atoms with E-state index in [-0.39, 0.29) is 5.91 Å². The minimum absolute atomic E-state index is 0.189. The van der Waals surface area contributed by atoms with Crippen molar-refractivity contribution in [1.82, 2.24) is 14.5 Å². The highest BCUT2D eigenvalue weighted by Crippen LogP contribution is 2.19. The Morgan fingerprint density at radius 3 is 2.94 bits per heavy atom. The second-order valence-electron chi connectivity index (χ2n) is 3.68. The minimum Gasteiger partial charge on any atom is -0.337 e. The molecule has 1 amide bonds. The lowest BCUT2D eigenvalue weighted by Crippen LogP contribution is -2.25. The molecule has 0 aliphatic rings. The van der Waals surface area contributed by atoms with Gasteiger partial charge in [-0.2, -0.15) is 0 Å². The van der Waals surface area contributed by atoms with Crippen LogP contribution in [0, 0.1) is 5.82 Å². The van der Waals surface area contributed by atoms with Gasteiger partial charge in [-0.15, -0.1) is 5.10 Å².